The number of hydrogen-bond acceptors (Lipinski definition) is 2. The van der Waals surface area contributed by atoms with E-state index in [-0.39, 0.29) is 5.82 Å². The second-order valence-electron chi connectivity index (χ2n) is 3.62. The maximum atomic E-state index is 12.6. The molecule has 84 valence electrons. The van der Waals surface area contributed by atoms with E-state index >= 15 is 0 Å². The van der Waals surface area contributed by atoms with Crippen LogP contribution < -0.4 is 10.1 Å². The van der Waals surface area contributed by atoms with Crippen molar-refractivity contribution in [2.45, 2.75) is 26.3 Å². The summed E-state index contributed by atoms with van der Waals surface area (Å²) in [7, 11) is 0. The molecule has 0 amide bonds. The zero-order chi connectivity index (χ0) is 11.1. The molecule has 0 saturated heterocycles. The van der Waals surface area contributed by atoms with Crippen molar-refractivity contribution in [1.82, 2.24) is 5.32 Å². The van der Waals surface area contributed by atoms with Crippen LogP contribution in [0.5, 0.6) is 5.75 Å². The highest BCUT2D eigenvalue weighted by Gasteiger charge is 2.01. The number of halogens is 1. The molecule has 0 radical (unpaired) electrons. The number of benzene rings is 1. The van der Waals surface area contributed by atoms with Crippen molar-refractivity contribution in [2.75, 3.05) is 13.2 Å². The van der Waals surface area contributed by atoms with Crippen molar-refractivity contribution in [2.24, 2.45) is 0 Å². The van der Waals surface area contributed by atoms with Crippen LogP contribution in [0.1, 0.15) is 20.3 Å². The van der Waals surface area contributed by atoms with Gasteiger partial charge >= 0.3 is 0 Å². The van der Waals surface area contributed by atoms with Crippen molar-refractivity contribution in [3.63, 3.8) is 0 Å². The molecule has 1 aromatic rings. The molecule has 1 atom stereocenters. The average molecular weight is 211 g/mol. The van der Waals surface area contributed by atoms with E-state index in [9.17, 15) is 4.39 Å². The summed E-state index contributed by atoms with van der Waals surface area (Å²) < 4.78 is 18.1. The number of rotatable bonds is 6. The summed E-state index contributed by atoms with van der Waals surface area (Å²) in [5, 5.41) is 3.31. The number of hydrogen-bond donors (Lipinski definition) is 1. The van der Waals surface area contributed by atoms with Gasteiger partial charge in [-0.2, -0.15) is 0 Å². The minimum atomic E-state index is -0.237. The Kier molecular flexibility index (Phi) is 5.12. The Labute approximate surface area is 90.4 Å². The SMILES string of the molecule is CCCNC(C)COc1ccc(F)cc1. The third-order valence-corrected chi connectivity index (χ3v) is 2.06. The summed E-state index contributed by atoms with van der Waals surface area (Å²) in [5.74, 6) is 0.473. The fourth-order valence-corrected chi connectivity index (χ4v) is 1.20. The predicted octanol–water partition coefficient (Wildman–Crippen LogP) is 2.59. The van der Waals surface area contributed by atoms with E-state index < -0.39 is 0 Å². The lowest BCUT2D eigenvalue weighted by Crippen LogP contribution is -2.32. The molecule has 2 nitrogen and oxygen atoms in total. The largest absolute Gasteiger partial charge is 0.492 e. The van der Waals surface area contributed by atoms with Gasteiger partial charge < -0.3 is 10.1 Å². The van der Waals surface area contributed by atoms with Gasteiger partial charge in [0.1, 0.15) is 18.2 Å². The van der Waals surface area contributed by atoms with Crippen LogP contribution in [-0.2, 0) is 0 Å². The molecule has 1 unspecified atom stereocenters. The maximum absolute atomic E-state index is 12.6. The number of ether oxygens (including phenoxy) is 1. The van der Waals surface area contributed by atoms with Crippen LogP contribution in [0.4, 0.5) is 4.39 Å². The highest BCUT2D eigenvalue weighted by Crippen LogP contribution is 2.11. The van der Waals surface area contributed by atoms with Gasteiger partial charge in [-0.3, -0.25) is 0 Å². The summed E-state index contributed by atoms with van der Waals surface area (Å²) in [6.45, 7) is 5.79. The molecule has 1 aromatic carbocycles. The lowest BCUT2D eigenvalue weighted by molar-refractivity contribution is 0.273. The molecule has 0 aliphatic carbocycles. The van der Waals surface area contributed by atoms with Crippen LogP contribution in [0.15, 0.2) is 24.3 Å². The van der Waals surface area contributed by atoms with Crippen LogP contribution >= 0.6 is 0 Å². The molecule has 0 bridgehead atoms. The molecule has 15 heavy (non-hydrogen) atoms. The predicted molar refractivity (Wildman–Crippen MR) is 59.7 cm³/mol. The van der Waals surface area contributed by atoms with Gasteiger partial charge in [-0.25, -0.2) is 4.39 Å². The van der Waals surface area contributed by atoms with Gasteiger partial charge in [-0.05, 0) is 44.2 Å². The Morgan fingerprint density at radius 1 is 1.33 bits per heavy atom. The molecule has 0 fully saturated rings. The van der Waals surface area contributed by atoms with Gasteiger partial charge in [-0.1, -0.05) is 6.92 Å². The molecular weight excluding hydrogens is 193 g/mol. The van der Waals surface area contributed by atoms with Gasteiger partial charge in [0.25, 0.3) is 0 Å². The monoisotopic (exact) mass is 211 g/mol. The lowest BCUT2D eigenvalue weighted by atomic mass is 10.3. The normalized spacial score (nSPS) is 12.5. The van der Waals surface area contributed by atoms with E-state index in [0.717, 1.165) is 13.0 Å². The molecule has 0 heterocycles. The second kappa shape index (κ2) is 6.40. The van der Waals surface area contributed by atoms with E-state index in [0.29, 0.717) is 18.4 Å². The van der Waals surface area contributed by atoms with Crippen LogP contribution in [0.2, 0.25) is 0 Å². The third kappa shape index (κ3) is 4.79. The third-order valence-electron chi connectivity index (χ3n) is 2.06. The minimum absolute atomic E-state index is 0.237. The minimum Gasteiger partial charge on any atom is -0.492 e. The van der Waals surface area contributed by atoms with Crippen molar-refractivity contribution in [1.29, 1.82) is 0 Å². The molecule has 1 rings (SSSR count). The van der Waals surface area contributed by atoms with Gasteiger partial charge in [0.2, 0.25) is 0 Å². The van der Waals surface area contributed by atoms with Crippen molar-refractivity contribution < 1.29 is 9.13 Å². The summed E-state index contributed by atoms with van der Waals surface area (Å²) in [6, 6.07) is 6.40. The smallest absolute Gasteiger partial charge is 0.123 e. The van der Waals surface area contributed by atoms with Crippen LogP contribution in [0, 0.1) is 5.82 Å². The summed E-state index contributed by atoms with van der Waals surface area (Å²) >= 11 is 0. The van der Waals surface area contributed by atoms with Gasteiger partial charge in [-0.15, -0.1) is 0 Å². The standard InChI is InChI=1S/C12H18FNO/c1-3-8-14-10(2)9-15-12-6-4-11(13)5-7-12/h4-7,10,14H,3,8-9H2,1-2H3. The topological polar surface area (TPSA) is 21.3 Å². The molecule has 0 spiro atoms. The zero-order valence-corrected chi connectivity index (χ0v) is 9.29. The van der Waals surface area contributed by atoms with E-state index in [4.69, 9.17) is 4.74 Å². The Morgan fingerprint density at radius 2 is 2.00 bits per heavy atom. The van der Waals surface area contributed by atoms with E-state index in [2.05, 4.69) is 19.2 Å². The highest BCUT2D eigenvalue weighted by atomic mass is 19.1. The summed E-state index contributed by atoms with van der Waals surface area (Å²) in [5.41, 5.74) is 0. The Hall–Kier alpha value is -1.09. The van der Waals surface area contributed by atoms with Crippen LogP contribution in [-0.4, -0.2) is 19.2 Å². The first-order valence-electron chi connectivity index (χ1n) is 5.34. The fourth-order valence-electron chi connectivity index (χ4n) is 1.20. The first-order valence-corrected chi connectivity index (χ1v) is 5.34. The van der Waals surface area contributed by atoms with Gasteiger partial charge in [0.15, 0.2) is 0 Å². The maximum Gasteiger partial charge on any atom is 0.123 e. The van der Waals surface area contributed by atoms with Gasteiger partial charge in [0, 0.05) is 6.04 Å². The van der Waals surface area contributed by atoms with Crippen molar-refractivity contribution in [3.8, 4) is 5.75 Å². The average Bonchev–Trinajstić information content (AvgIpc) is 2.25. The van der Waals surface area contributed by atoms with E-state index in [1.54, 1.807) is 12.1 Å². The fraction of sp³-hybridized carbons (Fsp3) is 0.500. The van der Waals surface area contributed by atoms with E-state index in [1.165, 1.54) is 12.1 Å². The zero-order valence-electron chi connectivity index (χ0n) is 9.29. The molecule has 0 aliphatic rings. The quantitative estimate of drug-likeness (QED) is 0.781. The molecule has 0 aliphatic heterocycles. The molecular formula is C12H18FNO. The van der Waals surface area contributed by atoms with Gasteiger partial charge in [0.05, 0.1) is 0 Å². The van der Waals surface area contributed by atoms with Crippen LogP contribution in [0.3, 0.4) is 0 Å². The molecule has 3 heteroatoms. The van der Waals surface area contributed by atoms with Crippen molar-refractivity contribution in [3.05, 3.63) is 30.1 Å². The van der Waals surface area contributed by atoms with E-state index in [1.807, 2.05) is 0 Å². The Morgan fingerprint density at radius 3 is 2.60 bits per heavy atom. The first kappa shape index (κ1) is 12.0. The first-order chi connectivity index (χ1) is 7.22. The number of nitrogens with one attached hydrogen (secondary N) is 1. The molecule has 1 N–H and O–H groups in total. The van der Waals surface area contributed by atoms with Crippen molar-refractivity contribution >= 4 is 0 Å². The lowest BCUT2D eigenvalue weighted by Gasteiger charge is -2.14. The molecule has 0 aromatic heterocycles. The van der Waals surface area contributed by atoms with Crippen LogP contribution in [0.25, 0.3) is 0 Å². The summed E-state index contributed by atoms with van der Waals surface area (Å²) in [4.78, 5) is 0. The second-order valence-corrected chi connectivity index (χ2v) is 3.62. The molecule has 0 saturated carbocycles. The Balaban J connectivity index is 2.27. The summed E-state index contributed by atoms with van der Waals surface area (Å²) in [6.07, 6.45) is 1.11. The highest BCUT2D eigenvalue weighted by molar-refractivity contribution is 5.22. The Bertz CT molecular complexity index is 273.